The summed E-state index contributed by atoms with van der Waals surface area (Å²) in [5, 5.41) is 34.9. The molecule has 0 rings (SSSR count). The number of allylic oxidation sites excluding steroid dienone is 2. The molecule has 0 heterocycles. The maximum atomic E-state index is 11.3. The quantitative estimate of drug-likeness (QED) is 0.0414. The third-order valence-corrected chi connectivity index (χ3v) is 5.84. The van der Waals surface area contributed by atoms with Gasteiger partial charge < -0.3 is 34.8 Å². The molecule has 0 bridgehead atoms. The second-order valence-corrected chi connectivity index (χ2v) is 9.64. The average molecular weight is 571 g/mol. The van der Waals surface area contributed by atoms with Gasteiger partial charge in [0.05, 0.1) is 12.6 Å². The van der Waals surface area contributed by atoms with Crippen LogP contribution in [0, 0.1) is 0 Å². The van der Waals surface area contributed by atoms with Crippen LogP contribution in [0.4, 0.5) is 0 Å². The summed E-state index contributed by atoms with van der Waals surface area (Å²) < 4.78 is 33.3. The molecule has 206 valence electrons. The van der Waals surface area contributed by atoms with Gasteiger partial charge in [-0.2, -0.15) is 8.42 Å². The summed E-state index contributed by atoms with van der Waals surface area (Å²) in [7, 11) is -4.94. The van der Waals surface area contributed by atoms with Crippen molar-refractivity contribution in [2.45, 2.75) is 102 Å². The van der Waals surface area contributed by atoms with Gasteiger partial charge in [-0.3, -0.25) is 9.35 Å². The average Bonchev–Trinajstić information content (AvgIpc) is 2.78. The second kappa shape index (κ2) is 29.0. The molecule has 0 spiro atoms. The Morgan fingerprint density at radius 3 is 1.78 bits per heavy atom. The minimum Gasteiger partial charge on any atom is -0.550 e. The number of hydrogen-bond acceptors (Lipinski definition) is 10. The van der Waals surface area contributed by atoms with Crippen LogP contribution < -0.4 is 69.3 Å². The molecule has 2 unspecified atom stereocenters. The SMILES string of the molecule is CCCCCC/C=C\CCCCCCCC(=O)OCC(O)CO.O=C([O-])CC(C(=O)[O-])S(=O)(=O)O.[Na+].[Na+]. The molecule has 0 saturated heterocycles. The number of carboxylic acids is 2. The van der Waals surface area contributed by atoms with Crippen molar-refractivity contribution in [1.29, 1.82) is 0 Å². The molecule has 0 aromatic rings. The summed E-state index contributed by atoms with van der Waals surface area (Å²) in [6.07, 6.45) is 15.9. The second-order valence-electron chi connectivity index (χ2n) is 8.05. The fourth-order valence-electron chi connectivity index (χ4n) is 2.76. The summed E-state index contributed by atoms with van der Waals surface area (Å²) in [6, 6.07) is 0. The number of ether oxygens (including phenoxy) is 1. The van der Waals surface area contributed by atoms with E-state index in [4.69, 9.17) is 19.5 Å². The molecule has 37 heavy (non-hydrogen) atoms. The molecule has 0 saturated carbocycles. The van der Waals surface area contributed by atoms with Crippen LogP contribution in [-0.4, -0.2) is 65.7 Å². The van der Waals surface area contributed by atoms with E-state index in [1.807, 2.05) is 0 Å². The van der Waals surface area contributed by atoms with E-state index in [2.05, 4.69) is 19.1 Å². The molecule has 0 aliphatic carbocycles. The van der Waals surface area contributed by atoms with Gasteiger partial charge in [0.1, 0.15) is 18.0 Å². The van der Waals surface area contributed by atoms with Gasteiger partial charge in [0.15, 0.2) is 0 Å². The number of hydrogen-bond donors (Lipinski definition) is 3. The van der Waals surface area contributed by atoms with Gasteiger partial charge in [0, 0.05) is 18.8 Å². The zero-order valence-corrected chi connectivity index (χ0v) is 27.2. The van der Waals surface area contributed by atoms with Crippen LogP contribution in [0.25, 0.3) is 0 Å². The van der Waals surface area contributed by atoms with E-state index < -0.39 is 39.8 Å². The first-order valence-corrected chi connectivity index (χ1v) is 13.4. The smallest absolute Gasteiger partial charge is 0.550 e. The van der Waals surface area contributed by atoms with Crippen molar-refractivity contribution in [3.8, 4) is 0 Å². The van der Waals surface area contributed by atoms with Crippen LogP contribution in [0.2, 0.25) is 0 Å². The Labute approximate surface area is 264 Å². The zero-order chi connectivity index (χ0) is 27.1. The summed E-state index contributed by atoms with van der Waals surface area (Å²) in [6.45, 7) is 1.75. The standard InChI is InChI=1S/C19H36O4.C4H6O7S.2Na/c1-2-3-4-5-6-7-8-9-10-11-12-13-14-15-19(22)23-17-18(21)16-20;5-3(6)1-2(4(7)8)12(9,10)11;;/h7-8,18,20-21H,2-6,9-17H2,1H3;2H,1H2,(H,5,6)(H,7,8)(H,9,10,11);;/q;;2*+1/p-2/b8-7-;;;. The first kappa shape index (κ1) is 44.0. The van der Waals surface area contributed by atoms with Crippen molar-refractivity contribution in [3.05, 3.63) is 12.2 Å². The van der Waals surface area contributed by atoms with Crippen molar-refractivity contribution < 1.29 is 112 Å². The molecular formula is C23H40Na2O11S. The summed E-state index contributed by atoms with van der Waals surface area (Å²) in [4.78, 5) is 31.1. The van der Waals surface area contributed by atoms with Crippen LogP contribution >= 0.6 is 0 Å². The third-order valence-electron chi connectivity index (χ3n) is 4.76. The van der Waals surface area contributed by atoms with Crippen LogP contribution in [0.15, 0.2) is 12.2 Å². The van der Waals surface area contributed by atoms with Crippen molar-refractivity contribution in [1.82, 2.24) is 0 Å². The first-order valence-electron chi connectivity index (χ1n) is 11.9. The van der Waals surface area contributed by atoms with E-state index >= 15 is 0 Å². The van der Waals surface area contributed by atoms with E-state index in [0.29, 0.717) is 6.42 Å². The van der Waals surface area contributed by atoms with Gasteiger partial charge in [-0.15, -0.1) is 0 Å². The number of carbonyl (C=O) groups is 3. The summed E-state index contributed by atoms with van der Waals surface area (Å²) in [5.74, 6) is -4.37. The van der Waals surface area contributed by atoms with E-state index in [0.717, 1.165) is 25.7 Å². The van der Waals surface area contributed by atoms with Crippen LogP contribution in [0.1, 0.15) is 90.4 Å². The van der Waals surface area contributed by atoms with E-state index in [1.165, 1.54) is 44.9 Å². The Kier molecular flexibility index (Phi) is 34.5. The molecule has 0 aromatic heterocycles. The van der Waals surface area contributed by atoms with Gasteiger partial charge in [-0.1, -0.05) is 57.6 Å². The van der Waals surface area contributed by atoms with E-state index in [1.54, 1.807) is 0 Å². The molecule has 0 aromatic carbocycles. The number of esters is 1. The summed E-state index contributed by atoms with van der Waals surface area (Å²) >= 11 is 0. The Balaban J connectivity index is -0.000000332. The maximum Gasteiger partial charge on any atom is 1.00 e. The van der Waals surface area contributed by atoms with Crippen molar-refractivity contribution in [2.24, 2.45) is 0 Å². The van der Waals surface area contributed by atoms with Crippen LogP contribution in [0.3, 0.4) is 0 Å². The molecule has 11 nitrogen and oxygen atoms in total. The first-order chi connectivity index (χ1) is 16.4. The molecule has 0 amide bonds. The molecule has 0 aliphatic rings. The van der Waals surface area contributed by atoms with Crippen LogP contribution in [-0.2, 0) is 29.2 Å². The fraction of sp³-hybridized carbons (Fsp3) is 0.783. The Morgan fingerprint density at radius 2 is 1.38 bits per heavy atom. The van der Waals surface area contributed by atoms with Crippen molar-refractivity contribution in [2.75, 3.05) is 13.2 Å². The van der Waals surface area contributed by atoms with E-state index in [-0.39, 0.29) is 78.3 Å². The third kappa shape index (κ3) is 32.1. The van der Waals surface area contributed by atoms with E-state index in [9.17, 15) is 33.0 Å². The molecular weight excluding hydrogens is 530 g/mol. The Hall–Kier alpha value is -0.0200. The number of unbranched alkanes of at least 4 members (excludes halogenated alkanes) is 9. The van der Waals surface area contributed by atoms with Gasteiger partial charge >= 0.3 is 65.1 Å². The largest absolute Gasteiger partial charge is 1.00 e. The Bertz CT molecular complexity index is 715. The minimum absolute atomic E-state index is 0. The molecule has 14 heteroatoms. The van der Waals surface area contributed by atoms with Crippen molar-refractivity contribution >= 4 is 28.0 Å². The van der Waals surface area contributed by atoms with Gasteiger partial charge in [0.25, 0.3) is 10.1 Å². The summed E-state index contributed by atoms with van der Waals surface area (Å²) in [5.41, 5.74) is 0. The maximum absolute atomic E-state index is 11.3. The fourth-order valence-corrected chi connectivity index (χ4v) is 3.35. The Morgan fingerprint density at radius 1 is 0.892 bits per heavy atom. The normalized spacial score (nSPS) is 12.3. The zero-order valence-electron chi connectivity index (χ0n) is 22.4. The number of carbonyl (C=O) groups excluding carboxylic acids is 3. The number of aliphatic hydroxyl groups excluding tert-OH is 2. The molecule has 3 N–H and O–H groups in total. The molecule has 2 atom stereocenters. The topological polar surface area (TPSA) is 201 Å². The van der Waals surface area contributed by atoms with Gasteiger partial charge in [-0.05, 0) is 32.1 Å². The monoisotopic (exact) mass is 570 g/mol. The molecule has 0 radical (unpaired) electrons. The minimum atomic E-state index is -4.94. The van der Waals surface area contributed by atoms with Gasteiger partial charge in [0.2, 0.25) is 0 Å². The van der Waals surface area contributed by atoms with Gasteiger partial charge in [-0.25, -0.2) is 0 Å². The predicted octanol–water partition coefficient (Wildman–Crippen LogP) is -5.72. The van der Waals surface area contributed by atoms with Crippen molar-refractivity contribution in [3.63, 3.8) is 0 Å². The number of aliphatic carboxylic acids is 2. The molecule has 0 aliphatic heterocycles. The van der Waals surface area contributed by atoms with Crippen LogP contribution in [0.5, 0.6) is 0 Å². The number of rotatable bonds is 20. The number of carboxylic acid groups (broad SMARTS) is 2. The predicted molar refractivity (Wildman–Crippen MR) is 124 cm³/mol. The molecule has 0 fully saturated rings. The number of aliphatic hydroxyl groups is 2.